The van der Waals surface area contributed by atoms with E-state index in [1.807, 2.05) is 51.2 Å². The van der Waals surface area contributed by atoms with Gasteiger partial charge < -0.3 is 10.3 Å². The van der Waals surface area contributed by atoms with Gasteiger partial charge in [0.25, 0.3) is 5.91 Å². The molecule has 0 atom stereocenters. The van der Waals surface area contributed by atoms with E-state index in [0.29, 0.717) is 24.6 Å². The Morgan fingerprint density at radius 2 is 2.11 bits per heavy atom. The van der Waals surface area contributed by atoms with Crippen molar-refractivity contribution < 1.29 is 4.79 Å². The van der Waals surface area contributed by atoms with Gasteiger partial charge in [0.1, 0.15) is 5.69 Å². The highest BCUT2D eigenvalue weighted by Gasteiger charge is 2.11. The first-order valence-electron chi connectivity index (χ1n) is 8.90. The summed E-state index contributed by atoms with van der Waals surface area (Å²) in [4.78, 5) is 30.5. The summed E-state index contributed by atoms with van der Waals surface area (Å²) in [6, 6.07) is 9.63. The van der Waals surface area contributed by atoms with Crippen molar-refractivity contribution in [3.8, 4) is 5.69 Å². The van der Waals surface area contributed by atoms with Gasteiger partial charge in [-0.1, -0.05) is 26.0 Å². The number of hydrogen-bond donors (Lipinski definition) is 2. The lowest BCUT2D eigenvalue weighted by Crippen LogP contribution is -2.27. The molecule has 0 saturated carbocycles. The van der Waals surface area contributed by atoms with E-state index in [0.717, 1.165) is 16.8 Å². The Morgan fingerprint density at radius 1 is 1.30 bits per heavy atom. The molecule has 0 spiro atoms. The van der Waals surface area contributed by atoms with Crippen molar-refractivity contribution >= 4 is 5.91 Å². The molecule has 7 nitrogen and oxygen atoms in total. The van der Waals surface area contributed by atoms with Crippen molar-refractivity contribution in [1.82, 2.24) is 25.1 Å². The number of aromatic amines is 1. The molecule has 0 aliphatic heterocycles. The first kappa shape index (κ1) is 18.6. The number of aryl methyl sites for hydroxylation is 1. The zero-order valence-corrected chi connectivity index (χ0v) is 15.7. The summed E-state index contributed by atoms with van der Waals surface area (Å²) in [7, 11) is 0. The molecule has 2 N–H and O–H groups in total. The summed E-state index contributed by atoms with van der Waals surface area (Å²) in [6.07, 6.45) is 4.25. The lowest BCUT2D eigenvalue weighted by atomic mass is 10.1. The third-order valence-electron chi connectivity index (χ3n) is 4.02. The average molecular weight is 365 g/mol. The predicted octanol–water partition coefficient (Wildman–Crippen LogP) is 2.39. The fourth-order valence-corrected chi connectivity index (χ4v) is 2.81. The Morgan fingerprint density at radius 3 is 2.85 bits per heavy atom. The van der Waals surface area contributed by atoms with Gasteiger partial charge in [0.2, 0.25) is 0 Å². The van der Waals surface area contributed by atoms with Gasteiger partial charge in [-0.25, -0.2) is 9.48 Å². The van der Waals surface area contributed by atoms with E-state index < -0.39 is 5.69 Å². The molecule has 2 aromatic heterocycles. The second-order valence-corrected chi connectivity index (χ2v) is 7.01. The van der Waals surface area contributed by atoms with Crippen LogP contribution in [0.25, 0.3) is 5.69 Å². The van der Waals surface area contributed by atoms with Crippen LogP contribution < -0.4 is 11.0 Å². The van der Waals surface area contributed by atoms with Crippen LogP contribution in [0.2, 0.25) is 0 Å². The number of nitrogens with zero attached hydrogens (tertiary/aromatic N) is 3. The van der Waals surface area contributed by atoms with Crippen LogP contribution in [0.15, 0.2) is 47.5 Å². The molecule has 140 valence electrons. The van der Waals surface area contributed by atoms with Gasteiger partial charge in [0.05, 0.1) is 11.9 Å². The van der Waals surface area contributed by atoms with E-state index in [2.05, 4.69) is 20.4 Å². The van der Waals surface area contributed by atoms with Crippen LogP contribution in [-0.4, -0.2) is 25.7 Å². The SMILES string of the molecule is Cc1cccc(-n2cc(CNC(=O)c3cc(CC(C)C)[nH]c(=O)n3)cn2)c1. The van der Waals surface area contributed by atoms with Crippen molar-refractivity contribution in [2.24, 2.45) is 5.92 Å². The molecule has 0 unspecified atom stereocenters. The van der Waals surface area contributed by atoms with Gasteiger partial charge in [-0.3, -0.25) is 4.79 Å². The van der Waals surface area contributed by atoms with Crippen LogP contribution in [0.3, 0.4) is 0 Å². The Bertz CT molecular complexity index is 1000. The Kier molecular flexibility index (Phi) is 5.49. The van der Waals surface area contributed by atoms with E-state index in [9.17, 15) is 9.59 Å². The molecule has 3 rings (SSSR count). The molecule has 0 fully saturated rings. The molecule has 0 radical (unpaired) electrons. The molecule has 1 amide bonds. The number of aromatic nitrogens is 4. The number of rotatable bonds is 6. The predicted molar refractivity (Wildman–Crippen MR) is 103 cm³/mol. The first-order chi connectivity index (χ1) is 12.9. The molecular weight excluding hydrogens is 342 g/mol. The molecule has 1 aromatic carbocycles. The second-order valence-electron chi connectivity index (χ2n) is 7.01. The van der Waals surface area contributed by atoms with Crippen molar-refractivity contribution in [3.05, 3.63) is 75.7 Å². The summed E-state index contributed by atoms with van der Waals surface area (Å²) < 4.78 is 1.76. The van der Waals surface area contributed by atoms with Crippen LogP contribution in [0.4, 0.5) is 0 Å². The first-order valence-corrected chi connectivity index (χ1v) is 8.90. The molecule has 27 heavy (non-hydrogen) atoms. The van der Waals surface area contributed by atoms with E-state index >= 15 is 0 Å². The van der Waals surface area contributed by atoms with E-state index in [1.165, 1.54) is 0 Å². The van der Waals surface area contributed by atoms with Gasteiger partial charge in [0, 0.05) is 24.0 Å². The van der Waals surface area contributed by atoms with Crippen molar-refractivity contribution in [2.75, 3.05) is 0 Å². The van der Waals surface area contributed by atoms with Crippen molar-refractivity contribution in [3.63, 3.8) is 0 Å². The summed E-state index contributed by atoms with van der Waals surface area (Å²) in [5.41, 5.74) is 3.29. The quantitative estimate of drug-likeness (QED) is 0.701. The summed E-state index contributed by atoms with van der Waals surface area (Å²) >= 11 is 0. The number of amides is 1. The largest absolute Gasteiger partial charge is 0.347 e. The highest BCUT2D eigenvalue weighted by atomic mass is 16.2. The summed E-state index contributed by atoms with van der Waals surface area (Å²) in [6.45, 7) is 6.42. The van der Waals surface area contributed by atoms with Crippen LogP contribution in [0.1, 0.15) is 41.2 Å². The summed E-state index contributed by atoms with van der Waals surface area (Å²) in [5, 5.41) is 7.13. The normalized spacial score (nSPS) is 11.0. The summed E-state index contributed by atoms with van der Waals surface area (Å²) in [5.74, 6) is -0.0131. The van der Waals surface area contributed by atoms with Crippen LogP contribution in [0.5, 0.6) is 0 Å². The standard InChI is InChI=1S/C20H23N5O2/c1-13(2)7-16-9-18(24-20(27)23-16)19(26)21-10-15-11-22-25(12-15)17-6-4-5-14(3)8-17/h4-6,8-9,11-13H,7,10H2,1-3H3,(H,21,26)(H,23,24,27). The number of benzene rings is 1. The van der Waals surface area contributed by atoms with Crippen LogP contribution in [0, 0.1) is 12.8 Å². The zero-order valence-electron chi connectivity index (χ0n) is 15.7. The van der Waals surface area contributed by atoms with Gasteiger partial charge >= 0.3 is 5.69 Å². The average Bonchev–Trinajstić information content (AvgIpc) is 3.07. The maximum Gasteiger partial charge on any atom is 0.345 e. The fourth-order valence-electron chi connectivity index (χ4n) is 2.81. The van der Waals surface area contributed by atoms with Gasteiger partial charge in [-0.2, -0.15) is 10.1 Å². The molecule has 0 aliphatic carbocycles. The van der Waals surface area contributed by atoms with Gasteiger partial charge in [-0.05, 0) is 43.0 Å². The monoisotopic (exact) mass is 365 g/mol. The minimum Gasteiger partial charge on any atom is -0.347 e. The maximum absolute atomic E-state index is 12.4. The molecule has 0 aliphatic rings. The number of nitrogens with one attached hydrogen (secondary N) is 2. The minimum atomic E-state index is -0.509. The number of hydrogen-bond acceptors (Lipinski definition) is 4. The third kappa shape index (κ3) is 4.91. The van der Waals surface area contributed by atoms with E-state index in [1.54, 1.807) is 16.9 Å². The fraction of sp³-hybridized carbons (Fsp3) is 0.300. The number of carbonyl (C=O) groups is 1. The van der Waals surface area contributed by atoms with Crippen LogP contribution in [-0.2, 0) is 13.0 Å². The Balaban J connectivity index is 1.68. The smallest absolute Gasteiger partial charge is 0.345 e. The van der Waals surface area contributed by atoms with Gasteiger partial charge in [0.15, 0.2) is 0 Å². The highest BCUT2D eigenvalue weighted by molar-refractivity contribution is 5.92. The lowest BCUT2D eigenvalue weighted by Gasteiger charge is -2.07. The van der Waals surface area contributed by atoms with Crippen molar-refractivity contribution in [1.29, 1.82) is 0 Å². The number of carbonyl (C=O) groups excluding carboxylic acids is 1. The van der Waals surface area contributed by atoms with Gasteiger partial charge in [-0.15, -0.1) is 0 Å². The highest BCUT2D eigenvalue weighted by Crippen LogP contribution is 2.10. The zero-order chi connectivity index (χ0) is 19.4. The molecule has 0 bridgehead atoms. The molecule has 3 aromatic rings. The topological polar surface area (TPSA) is 92.7 Å². The van der Waals surface area contributed by atoms with E-state index in [-0.39, 0.29) is 11.6 Å². The minimum absolute atomic E-state index is 0.125. The van der Waals surface area contributed by atoms with Crippen molar-refractivity contribution in [2.45, 2.75) is 33.7 Å². The van der Waals surface area contributed by atoms with E-state index in [4.69, 9.17) is 0 Å². The second kappa shape index (κ2) is 7.99. The molecule has 0 saturated heterocycles. The third-order valence-corrected chi connectivity index (χ3v) is 4.02. The lowest BCUT2D eigenvalue weighted by molar-refractivity contribution is 0.0945. The maximum atomic E-state index is 12.4. The Hall–Kier alpha value is -3.22. The molecule has 2 heterocycles. The van der Waals surface area contributed by atoms with Crippen LogP contribution >= 0.6 is 0 Å². The Labute approximate surface area is 157 Å². The number of H-pyrrole nitrogens is 1. The molecular formula is C20H23N5O2. The molecule has 7 heteroatoms.